The molecule has 5 nitrogen and oxygen atoms in total. The molecule has 0 radical (unpaired) electrons. The maximum atomic E-state index is 11.5. The number of hydrogen-bond acceptors (Lipinski definition) is 4. The van der Waals surface area contributed by atoms with Crippen LogP contribution in [0, 0.1) is 0 Å². The molecule has 0 spiro atoms. The van der Waals surface area contributed by atoms with E-state index in [1.807, 2.05) is 0 Å². The minimum atomic E-state index is -0.418. The molecule has 6 heteroatoms. The van der Waals surface area contributed by atoms with Gasteiger partial charge >= 0.3 is 0 Å². The number of phenols is 1. The Balaban J connectivity index is 2.50. The van der Waals surface area contributed by atoms with E-state index in [0.717, 1.165) is 0 Å². The molecule has 0 fully saturated rings. The van der Waals surface area contributed by atoms with Crippen LogP contribution in [0.5, 0.6) is 5.75 Å². The Morgan fingerprint density at radius 2 is 2.25 bits per heavy atom. The first-order valence-corrected chi connectivity index (χ1v) is 5.34. The molecule has 0 saturated carbocycles. The molecule has 0 bridgehead atoms. The van der Waals surface area contributed by atoms with E-state index in [0.29, 0.717) is 16.6 Å². The lowest BCUT2D eigenvalue weighted by Gasteiger charge is -2.06. The molecule has 0 atom stereocenters. The number of aromatic hydroxyl groups is 1. The molecule has 0 unspecified atom stereocenters. The Bertz CT molecular complexity index is 370. The fourth-order valence-corrected chi connectivity index (χ4v) is 1.20. The number of methoxy groups -OCH3 is 1. The number of hydroxylamine groups is 1. The molecule has 1 aromatic rings. The Morgan fingerprint density at radius 1 is 1.50 bits per heavy atom. The summed E-state index contributed by atoms with van der Waals surface area (Å²) in [5, 5.41) is 9.37. The lowest BCUT2D eigenvalue weighted by atomic mass is 10.2. The number of hydrogen-bond donors (Lipinski definition) is 2. The van der Waals surface area contributed by atoms with Crippen molar-refractivity contribution in [1.29, 1.82) is 0 Å². The zero-order valence-corrected chi connectivity index (χ0v) is 10.3. The smallest absolute Gasteiger partial charge is 0.274 e. The molecule has 16 heavy (non-hydrogen) atoms. The fourth-order valence-electron chi connectivity index (χ4n) is 0.954. The van der Waals surface area contributed by atoms with Gasteiger partial charge in [0.05, 0.1) is 17.7 Å². The minimum absolute atomic E-state index is 0.00421. The molecular formula is C10H12BrNO4. The topological polar surface area (TPSA) is 67.8 Å². The van der Waals surface area contributed by atoms with Gasteiger partial charge < -0.3 is 9.84 Å². The standard InChI is InChI=1S/C10H12BrNO4/c1-15-4-5-16-12-10(14)7-2-3-8(11)9(13)6-7/h2-3,6,13H,4-5H2,1H3,(H,12,14). The Morgan fingerprint density at radius 3 is 2.88 bits per heavy atom. The highest BCUT2D eigenvalue weighted by molar-refractivity contribution is 9.10. The first kappa shape index (κ1) is 13.0. The van der Waals surface area contributed by atoms with E-state index in [1.54, 1.807) is 12.1 Å². The monoisotopic (exact) mass is 289 g/mol. The maximum absolute atomic E-state index is 11.5. The summed E-state index contributed by atoms with van der Waals surface area (Å²) in [6.45, 7) is 0.663. The van der Waals surface area contributed by atoms with Crippen LogP contribution in [0.2, 0.25) is 0 Å². The second kappa shape index (κ2) is 6.47. The van der Waals surface area contributed by atoms with Crippen molar-refractivity contribution in [2.45, 2.75) is 0 Å². The summed E-state index contributed by atoms with van der Waals surface area (Å²) < 4.78 is 5.27. The summed E-state index contributed by atoms with van der Waals surface area (Å²) in [7, 11) is 1.54. The molecule has 88 valence electrons. The number of rotatable bonds is 5. The average Bonchev–Trinajstić information content (AvgIpc) is 2.28. The van der Waals surface area contributed by atoms with Gasteiger partial charge in [-0.1, -0.05) is 0 Å². The van der Waals surface area contributed by atoms with E-state index >= 15 is 0 Å². The minimum Gasteiger partial charge on any atom is -0.507 e. The van der Waals surface area contributed by atoms with Crippen LogP contribution in [0.15, 0.2) is 22.7 Å². The Labute approximate surface area is 101 Å². The van der Waals surface area contributed by atoms with Crippen LogP contribution in [-0.2, 0) is 9.57 Å². The van der Waals surface area contributed by atoms with E-state index in [4.69, 9.17) is 9.57 Å². The van der Waals surface area contributed by atoms with Gasteiger partial charge in [-0.3, -0.25) is 9.63 Å². The van der Waals surface area contributed by atoms with Gasteiger partial charge in [-0.25, -0.2) is 5.48 Å². The summed E-state index contributed by atoms with van der Waals surface area (Å²) in [6, 6.07) is 4.50. The van der Waals surface area contributed by atoms with Crippen LogP contribution >= 0.6 is 15.9 Å². The van der Waals surface area contributed by atoms with Crippen molar-refractivity contribution in [2.75, 3.05) is 20.3 Å². The molecule has 0 aliphatic heterocycles. The second-order valence-electron chi connectivity index (χ2n) is 2.94. The lowest BCUT2D eigenvalue weighted by Crippen LogP contribution is -2.25. The van der Waals surface area contributed by atoms with Crippen LogP contribution in [0.1, 0.15) is 10.4 Å². The SMILES string of the molecule is COCCONC(=O)c1ccc(Br)c(O)c1. The molecule has 1 amide bonds. The number of phenolic OH excluding ortho intramolecular Hbond substituents is 1. The van der Waals surface area contributed by atoms with E-state index in [-0.39, 0.29) is 12.4 Å². The fraction of sp³-hybridized carbons (Fsp3) is 0.300. The normalized spacial score (nSPS) is 10.1. The third-order valence-corrected chi connectivity index (χ3v) is 2.43. The summed E-state index contributed by atoms with van der Waals surface area (Å²) >= 11 is 3.12. The molecule has 0 saturated heterocycles. The van der Waals surface area contributed by atoms with Crippen molar-refractivity contribution in [1.82, 2.24) is 5.48 Å². The van der Waals surface area contributed by atoms with Crippen molar-refractivity contribution >= 4 is 21.8 Å². The number of carbonyl (C=O) groups is 1. The van der Waals surface area contributed by atoms with Gasteiger partial charge in [0, 0.05) is 12.7 Å². The predicted octanol–water partition coefficient (Wildman–Crippen LogP) is 1.46. The first-order valence-electron chi connectivity index (χ1n) is 4.54. The van der Waals surface area contributed by atoms with Gasteiger partial charge in [0.25, 0.3) is 5.91 Å². The zero-order valence-electron chi connectivity index (χ0n) is 8.70. The average molecular weight is 290 g/mol. The summed E-state index contributed by atoms with van der Waals surface area (Å²) in [6.07, 6.45) is 0. The third-order valence-electron chi connectivity index (χ3n) is 1.76. The molecule has 2 N–H and O–H groups in total. The van der Waals surface area contributed by atoms with Gasteiger partial charge in [0.1, 0.15) is 5.75 Å². The van der Waals surface area contributed by atoms with Crippen LogP contribution < -0.4 is 5.48 Å². The quantitative estimate of drug-likeness (QED) is 0.636. The van der Waals surface area contributed by atoms with E-state index in [9.17, 15) is 9.90 Å². The van der Waals surface area contributed by atoms with E-state index in [1.165, 1.54) is 13.2 Å². The molecular weight excluding hydrogens is 278 g/mol. The molecule has 0 heterocycles. The summed E-state index contributed by atoms with van der Waals surface area (Å²) in [5.74, 6) is -0.413. The third kappa shape index (κ3) is 3.80. The number of amides is 1. The van der Waals surface area contributed by atoms with Gasteiger partial charge in [0.15, 0.2) is 0 Å². The van der Waals surface area contributed by atoms with Crippen LogP contribution in [-0.4, -0.2) is 31.3 Å². The van der Waals surface area contributed by atoms with Crippen molar-refractivity contribution in [3.8, 4) is 5.75 Å². The molecule has 1 rings (SSSR count). The maximum Gasteiger partial charge on any atom is 0.274 e. The van der Waals surface area contributed by atoms with Crippen LogP contribution in [0.25, 0.3) is 0 Å². The van der Waals surface area contributed by atoms with Crippen LogP contribution in [0.4, 0.5) is 0 Å². The highest BCUT2D eigenvalue weighted by Crippen LogP contribution is 2.24. The van der Waals surface area contributed by atoms with Crippen molar-refractivity contribution in [3.63, 3.8) is 0 Å². The first-order chi connectivity index (χ1) is 7.65. The molecule has 0 aromatic heterocycles. The Kier molecular flexibility index (Phi) is 5.24. The van der Waals surface area contributed by atoms with Gasteiger partial charge in [0.2, 0.25) is 0 Å². The summed E-state index contributed by atoms with van der Waals surface area (Å²) in [5.41, 5.74) is 2.55. The molecule has 0 aliphatic carbocycles. The predicted molar refractivity (Wildman–Crippen MR) is 61.1 cm³/mol. The molecule has 1 aromatic carbocycles. The number of carbonyl (C=O) groups excluding carboxylic acids is 1. The van der Waals surface area contributed by atoms with Crippen molar-refractivity contribution in [3.05, 3.63) is 28.2 Å². The zero-order chi connectivity index (χ0) is 12.0. The van der Waals surface area contributed by atoms with Crippen molar-refractivity contribution < 1.29 is 19.5 Å². The Hall–Kier alpha value is -1.11. The second-order valence-corrected chi connectivity index (χ2v) is 3.79. The highest BCUT2D eigenvalue weighted by atomic mass is 79.9. The van der Waals surface area contributed by atoms with Gasteiger partial charge in [-0.15, -0.1) is 0 Å². The van der Waals surface area contributed by atoms with Gasteiger partial charge in [-0.2, -0.15) is 0 Å². The number of ether oxygens (including phenoxy) is 1. The largest absolute Gasteiger partial charge is 0.507 e. The molecule has 0 aliphatic rings. The number of halogens is 1. The number of nitrogens with one attached hydrogen (secondary N) is 1. The number of benzene rings is 1. The summed E-state index contributed by atoms with van der Waals surface area (Å²) in [4.78, 5) is 16.3. The van der Waals surface area contributed by atoms with Gasteiger partial charge in [-0.05, 0) is 34.1 Å². The van der Waals surface area contributed by atoms with Crippen LogP contribution in [0.3, 0.4) is 0 Å². The lowest BCUT2D eigenvalue weighted by molar-refractivity contribution is 0.00887. The van der Waals surface area contributed by atoms with Crippen molar-refractivity contribution in [2.24, 2.45) is 0 Å². The van der Waals surface area contributed by atoms with E-state index < -0.39 is 5.91 Å². The highest BCUT2D eigenvalue weighted by Gasteiger charge is 2.07. The van der Waals surface area contributed by atoms with E-state index in [2.05, 4.69) is 21.4 Å².